The van der Waals surface area contributed by atoms with Gasteiger partial charge in [-0.25, -0.2) is 9.59 Å². The zero-order valence-electron chi connectivity index (χ0n) is 23.1. The minimum absolute atomic E-state index is 0.174. The van der Waals surface area contributed by atoms with E-state index in [9.17, 15) is 19.2 Å². The van der Waals surface area contributed by atoms with E-state index < -0.39 is 22.9 Å². The van der Waals surface area contributed by atoms with Crippen molar-refractivity contribution in [3.8, 4) is 0 Å². The molecule has 0 radical (unpaired) electrons. The van der Waals surface area contributed by atoms with Gasteiger partial charge in [0.25, 0.3) is 5.56 Å². The Kier molecular flexibility index (Phi) is 8.08. The molecule has 3 aromatic rings. The Bertz CT molecular complexity index is 1510. The van der Waals surface area contributed by atoms with Gasteiger partial charge in [-0.1, -0.05) is 42.5 Å². The largest absolute Gasteiger partial charge is 0.444 e. The van der Waals surface area contributed by atoms with Crippen LogP contribution in [0.2, 0.25) is 0 Å². The molecule has 1 amide bonds. The number of alkyl carbamates (subject to hydrolysis) is 1. The standard InChI is InChI=1S/C28H36N6O5/c1-6-7-16-33-22-23(30-25(33)32-15-11-14-20(17-32)29-26(37)39-28(2,3)4)31(5)27(38)34(24(22)36)18-21(35)19-12-9-8-10-13-19/h6-10,12-13,20H,11,14-18H2,1-5H3,(H,29,37)/t20-/m1/s1. The van der Waals surface area contributed by atoms with Crippen LogP contribution < -0.4 is 21.5 Å². The van der Waals surface area contributed by atoms with Gasteiger partial charge < -0.3 is 19.5 Å². The summed E-state index contributed by atoms with van der Waals surface area (Å²) in [6.45, 7) is 8.43. The summed E-state index contributed by atoms with van der Waals surface area (Å²) in [5.74, 6) is 0.194. The summed E-state index contributed by atoms with van der Waals surface area (Å²) in [7, 11) is 1.55. The number of allylic oxidation sites excluding steroid dienone is 2. The van der Waals surface area contributed by atoms with Crippen LogP contribution in [-0.2, 0) is 24.9 Å². The maximum absolute atomic E-state index is 13.7. The maximum Gasteiger partial charge on any atom is 0.407 e. The van der Waals surface area contributed by atoms with Crippen LogP contribution in [-0.4, -0.2) is 55.3 Å². The molecule has 1 aliphatic rings. The van der Waals surface area contributed by atoms with Crippen LogP contribution in [0.3, 0.4) is 0 Å². The SMILES string of the molecule is CC=CCn1c(N2CCC[C@@H](NC(=O)OC(C)(C)C)C2)nc2c1c(=O)n(CC(=O)c1ccccc1)c(=O)n2C. The molecule has 0 bridgehead atoms. The molecule has 0 unspecified atom stereocenters. The van der Waals surface area contributed by atoms with E-state index in [2.05, 4.69) is 5.32 Å². The van der Waals surface area contributed by atoms with E-state index in [0.717, 1.165) is 17.4 Å². The molecule has 0 saturated carbocycles. The number of fused-ring (bicyclic) bond motifs is 1. The minimum Gasteiger partial charge on any atom is -0.444 e. The molecule has 1 saturated heterocycles. The number of nitrogens with zero attached hydrogens (tertiary/aromatic N) is 5. The Morgan fingerprint density at radius 2 is 1.87 bits per heavy atom. The Hall–Kier alpha value is -4.15. The van der Waals surface area contributed by atoms with Crippen LogP contribution in [0.4, 0.5) is 10.7 Å². The van der Waals surface area contributed by atoms with Gasteiger partial charge in [0, 0.05) is 38.3 Å². The summed E-state index contributed by atoms with van der Waals surface area (Å²) in [4.78, 5) is 58.9. The first-order chi connectivity index (χ1) is 18.5. The van der Waals surface area contributed by atoms with Gasteiger partial charge in [-0.2, -0.15) is 4.98 Å². The number of hydrogen-bond acceptors (Lipinski definition) is 7. The lowest BCUT2D eigenvalue weighted by Crippen LogP contribution is -2.49. The monoisotopic (exact) mass is 536 g/mol. The number of anilines is 1. The lowest BCUT2D eigenvalue weighted by Gasteiger charge is -2.34. The van der Waals surface area contributed by atoms with Crippen molar-refractivity contribution < 1.29 is 14.3 Å². The number of nitrogens with one attached hydrogen (secondary N) is 1. The molecule has 1 fully saturated rings. The number of Topliss-reactive ketones (excluding diaryl/α,β-unsaturated/α-hetero) is 1. The molecule has 1 aliphatic heterocycles. The van der Waals surface area contributed by atoms with Crippen molar-refractivity contribution in [2.45, 2.75) is 65.3 Å². The van der Waals surface area contributed by atoms with Gasteiger partial charge in [-0.15, -0.1) is 0 Å². The second kappa shape index (κ2) is 11.3. The molecule has 11 nitrogen and oxygen atoms in total. The van der Waals surface area contributed by atoms with Crippen LogP contribution in [0.15, 0.2) is 52.1 Å². The van der Waals surface area contributed by atoms with E-state index >= 15 is 0 Å². The van der Waals surface area contributed by atoms with Crippen molar-refractivity contribution in [3.05, 3.63) is 68.9 Å². The molecule has 39 heavy (non-hydrogen) atoms. The van der Waals surface area contributed by atoms with E-state index in [1.54, 1.807) is 41.9 Å². The molecule has 0 spiro atoms. The smallest absolute Gasteiger partial charge is 0.407 e. The first kappa shape index (κ1) is 27.9. The topological polar surface area (TPSA) is 120 Å². The number of aromatic nitrogens is 4. The highest BCUT2D eigenvalue weighted by atomic mass is 16.6. The number of carbonyl (C=O) groups is 2. The second-order valence-corrected chi connectivity index (χ2v) is 10.7. The van der Waals surface area contributed by atoms with Gasteiger partial charge in [0.2, 0.25) is 5.95 Å². The Labute approximate surface area is 226 Å². The number of ketones is 1. The molecular formula is C28H36N6O5. The summed E-state index contributed by atoms with van der Waals surface area (Å²) < 4.78 is 9.47. The average Bonchev–Trinajstić information content (AvgIpc) is 3.28. The summed E-state index contributed by atoms with van der Waals surface area (Å²) >= 11 is 0. The number of amides is 1. The second-order valence-electron chi connectivity index (χ2n) is 10.7. The van der Waals surface area contributed by atoms with E-state index in [0.29, 0.717) is 31.1 Å². The van der Waals surface area contributed by atoms with Gasteiger partial charge >= 0.3 is 11.8 Å². The van der Waals surface area contributed by atoms with Crippen molar-refractivity contribution in [2.24, 2.45) is 7.05 Å². The normalized spacial score (nSPS) is 16.1. The maximum atomic E-state index is 13.7. The highest BCUT2D eigenvalue weighted by molar-refractivity contribution is 5.96. The van der Waals surface area contributed by atoms with Gasteiger partial charge in [-0.3, -0.25) is 18.7 Å². The zero-order valence-corrected chi connectivity index (χ0v) is 23.1. The number of ether oxygens (including phenoxy) is 1. The van der Waals surface area contributed by atoms with Crippen LogP contribution >= 0.6 is 0 Å². The fourth-order valence-corrected chi connectivity index (χ4v) is 4.73. The minimum atomic E-state index is -0.609. The molecule has 208 valence electrons. The molecule has 4 rings (SSSR count). The van der Waals surface area contributed by atoms with Crippen LogP contribution in [0, 0.1) is 0 Å². The molecule has 1 aromatic carbocycles. The lowest BCUT2D eigenvalue weighted by atomic mass is 10.1. The third-order valence-corrected chi connectivity index (χ3v) is 6.56. The molecule has 1 N–H and O–H groups in total. The summed E-state index contributed by atoms with van der Waals surface area (Å²) in [6.07, 6.45) is 4.86. The first-order valence-corrected chi connectivity index (χ1v) is 13.1. The van der Waals surface area contributed by atoms with Gasteiger partial charge in [-0.05, 0) is 40.5 Å². The third-order valence-electron chi connectivity index (χ3n) is 6.56. The predicted octanol–water partition coefficient (Wildman–Crippen LogP) is 2.85. The zero-order chi connectivity index (χ0) is 28.3. The van der Waals surface area contributed by atoms with Crippen molar-refractivity contribution in [1.82, 2.24) is 24.0 Å². The molecule has 0 aliphatic carbocycles. The van der Waals surface area contributed by atoms with Crippen molar-refractivity contribution in [3.63, 3.8) is 0 Å². The number of aryl methyl sites for hydroxylation is 1. The highest BCUT2D eigenvalue weighted by Gasteiger charge is 2.29. The predicted molar refractivity (Wildman–Crippen MR) is 149 cm³/mol. The Balaban J connectivity index is 1.73. The fourth-order valence-electron chi connectivity index (χ4n) is 4.73. The fraction of sp³-hybridized carbons (Fsp3) is 0.464. The van der Waals surface area contributed by atoms with E-state index in [-0.39, 0.29) is 29.5 Å². The van der Waals surface area contributed by atoms with Crippen molar-refractivity contribution >= 4 is 29.0 Å². The van der Waals surface area contributed by atoms with E-state index in [4.69, 9.17) is 9.72 Å². The summed E-state index contributed by atoms with van der Waals surface area (Å²) in [5, 5.41) is 2.94. The van der Waals surface area contributed by atoms with Crippen LogP contribution in [0.1, 0.15) is 50.9 Å². The lowest BCUT2D eigenvalue weighted by molar-refractivity contribution is 0.0499. The number of piperidine rings is 1. The molecule has 2 aromatic heterocycles. The van der Waals surface area contributed by atoms with E-state index in [1.807, 2.05) is 44.7 Å². The Morgan fingerprint density at radius 3 is 2.54 bits per heavy atom. The van der Waals surface area contributed by atoms with Crippen LogP contribution in [0.25, 0.3) is 11.2 Å². The molecule has 11 heteroatoms. The quantitative estimate of drug-likeness (QED) is 0.364. The van der Waals surface area contributed by atoms with Gasteiger partial charge in [0.05, 0.1) is 6.54 Å². The molecule has 3 heterocycles. The highest BCUT2D eigenvalue weighted by Crippen LogP contribution is 2.24. The number of rotatable bonds is 7. The van der Waals surface area contributed by atoms with E-state index in [1.165, 1.54) is 4.57 Å². The number of imidazole rings is 1. The summed E-state index contributed by atoms with van der Waals surface area (Å²) in [5.41, 5.74) is -0.871. The van der Waals surface area contributed by atoms with Crippen LogP contribution in [0.5, 0.6) is 0 Å². The van der Waals surface area contributed by atoms with Crippen molar-refractivity contribution in [1.29, 1.82) is 0 Å². The van der Waals surface area contributed by atoms with Gasteiger partial charge in [0.1, 0.15) is 5.60 Å². The Morgan fingerprint density at radius 1 is 1.15 bits per heavy atom. The molecular weight excluding hydrogens is 500 g/mol. The third kappa shape index (κ3) is 6.13. The molecule has 1 atom stereocenters. The number of benzene rings is 1. The summed E-state index contributed by atoms with van der Waals surface area (Å²) in [6, 6.07) is 8.40. The first-order valence-electron chi connectivity index (χ1n) is 13.1. The van der Waals surface area contributed by atoms with Gasteiger partial charge in [0.15, 0.2) is 16.9 Å². The number of hydrogen-bond donors (Lipinski definition) is 1. The number of carbonyl (C=O) groups excluding carboxylic acids is 2. The van der Waals surface area contributed by atoms with Crippen molar-refractivity contribution in [2.75, 3.05) is 18.0 Å². The average molecular weight is 537 g/mol.